The van der Waals surface area contributed by atoms with Gasteiger partial charge in [-0.15, -0.1) is 0 Å². The van der Waals surface area contributed by atoms with Crippen LogP contribution in [0.1, 0.15) is 33.1 Å². The number of benzene rings is 1. The quantitative estimate of drug-likeness (QED) is 0.721. The first-order valence-corrected chi connectivity index (χ1v) is 7.88. The Kier molecular flexibility index (Phi) is 8.36. The van der Waals surface area contributed by atoms with Gasteiger partial charge < -0.3 is 19.7 Å². The minimum Gasteiger partial charge on any atom is -0.493 e. The van der Waals surface area contributed by atoms with Crippen LogP contribution in [-0.4, -0.2) is 44.7 Å². The molecule has 0 aliphatic carbocycles. The smallest absolute Gasteiger partial charge is 0.225 e. The fourth-order valence-electron chi connectivity index (χ4n) is 2.36. The molecule has 5 heteroatoms. The molecule has 0 aliphatic heterocycles. The zero-order valence-corrected chi connectivity index (χ0v) is 14.1. The minimum atomic E-state index is 0.0180. The average molecular weight is 308 g/mol. The zero-order valence-electron chi connectivity index (χ0n) is 14.1. The van der Waals surface area contributed by atoms with E-state index in [1.807, 2.05) is 6.07 Å². The molecular formula is C17H28N2O3. The van der Waals surface area contributed by atoms with Crippen molar-refractivity contribution in [1.82, 2.24) is 4.90 Å². The third-order valence-corrected chi connectivity index (χ3v) is 3.40. The molecule has 0 aromatic heterocycles. The molecule has 0 atom stereocenters. The monoisotopic (exact) mass is 308 g/mol. The number of hydrogen-bond acceptors (Lipinski definition) is 4. The predicted molar refractivity (Wildman–Crippen MR) is 89.8 cm³/mol. The molecule has 22 heavy (non-hydrogen) atoms. The highest BCUT2D eigenvalue weighted by Crippen LogP contribution is 2.29. The van der Waals surface area contributed by atoms with E-state index >= 15 is 0 Å². The highest BCUT2D eigenvalue weighted by molar-refractivity contribution is 5.91. The number of nitrogens with zero attached hydrogens (tertiary/aromatic N) is 1. The molecule has 1 N–H and O–H groups in total. The molecule has 0 spiro atoms. The minimum absolute atomic E-state index is 0.0180. The maximum absolute atomic E-state index is 12.1. The molecule has 5 nitrogen and oxygen atoms in total. The standard InChI is InChI=1S/C17H28N2O3/c1-5-10-19(11-6-2)12-9-17(20)18-14-7-8-15(21-3)16(13-14)22-4/h7-8,13H,5-6,9-12H2,1-4H3,(H,18,20). The highest BCUT2D eigenvalue weighted by atomic mass is 16.5. The van der Waals surface area contributed by atoms with E-state index in [4.69, 9.17) is 9.47 Å². The maximum atomic E-state index is 12.1. The van der Waals surface area contributed by atoms with Gasteiger partial charge in [0.05, 0.1) is 14.2 Å². The van der Waals surface area contributed by atoms with Crippen LogP contribution in [0.15, 0.2) is 18.2 Å². The first-order valence-electron chi connectivity index (χ1n) is 7.88. The molecule has 0 saturated heterocycles. The molecule has 0 saturated carbocycles. The van der Waals surface area contributed by atoms with Crippen LogP contribution in [-0.2, 0) is 4.79 Å². The molecule has 124 valence electrons. The van der Waals surface area contributed by atoms with Crippen LogP contribution < -0.4 is 14.8 Å². The zero-order chi connectivity index (χ0) is 16.4. The first kappa shape index (κ1) is 18.3. The van der Waals surface area contributed by atoms with Crippen molar-refractivity contribution in [1.29, 1.82) is 0 Å². The Balaban J connectivity index is 2.54. The molecule has 0 radical (unpaired) electrons. The second-order valence-corrected chi connectivity index (χ2v) is 5.21. The van der Waals surface area contributed by atoms with Crippen LogP contribution >= 0.6 is 0 Å². The van der Waals surface area contributed by atoms with Crippen molar-refractivity contribution >= 4 is 11.6 Å². The van der Waals surface area contributed by atoms with E-state index in [0.29, 0.717) is 17.9 Å². The van der Waals surface area contributed by atoms with E-state index in [-0.39, 0.29) is 5.91 Å². The van der Waals surface area contributed by atoms with Gasteiger partial charge in [0, 0.05) is 24.7 Å². The lowest BCUT2D eigenvalue weighted by Crippen LogP contribution is -2.29. The molecule has 1 aromatic rings. The molecule has 0 bridgehead atoms. The molecule has 0 unspecified atom stereocenters. The number of anilines is 1. The summed E-state index contributed by atoms with van der Waals surface area (Å²) < 4.78 is 10.4. The molecule has 1 amide bonds. The molecule has 0 aliphatic rings. The first-order chi connectivity index (χ1) is 10.6. The molecule has 0 fully saturated rings. The van der Waals surface area contributed by atoms with Gasteiger partial charge in [-0.3, -0.25) is 4.79 Å². The van der Waals surface area contributed by atoms with Crippen molar-refractivity contribution in [3.63, 3.8) is 0 Å². The van der Waals surface area contributed by atoms with E-state index in [9.17, 15) is 4.79 Å². The van der Waals surface area contributed by atoms with Crippen molar-refractivity contribution in [3.05, 3.63) is 18.2 Å². The number of nitrogens with one attached hydrogen (secondary N) is 1. The largest absolute Gasteiger partial charge is 0.493 e. The summed E-state index contributed by atoms with van der Waals surface area (Å²) in [5.74, 6) is 1.28. The summed E-state index contributed by atoms with van der Waals surface area (Å²) in [7, 11) is 3.17. The van der Waals surface area contributed by atoms with Gasteiger partial charge >= 0.3 is 0 Å². The van der Waals surface area contributed by atoms with Gasteiger partial charge in [0.25, 0.3) is 0 Å². The number of amides is 1. The van der Waals surface area contributed by atoms with Gasteiger partial charge in [0.15, 0.2) is 11.5 Å². The van der Waals surface area contributed by atoms with Crippen LogP contribution in [0, 0.1) is 0 Å². The van der Waals surface area contributed by atoms with E-state index in [2.05, 4.69) is 24.1 Å². The van der Waals surface area contributed by atoms with Gasteiger partial charge in [0.1, 0.15) is 0 Å². The second kappa shape index (κ2) is 10.1. The molecular weight excluding hydrogens is 280 g/mol. The SMILES string of the molecule is CCCN(CCC)CCC(=O)Nc1ccc(OC)c(OC)c1. The van der Waals surface area contributed by atoms with Gasteiger partial charge in [-0.25, -0.2) is 0 Å². The Bertz CT molecular complexity index is 457. The Morgan fingerprint density at radius 3 is 2.23 bits per heavy atom. The van der Waals surface area contributed by atoms with Crippen LogP contribution in [0.25, 0.3) is 0 Å². The van der Waals surface area contributed by atoms with Crippen LogP contribution in [0.3, 0.4) is 0 Å². The molecule has 1 aromatic carbocycles. The number of methoxy groups -OCH3 is 2. The van der Waals surface area contributed by atoms with Crippen molar-refractivity contribution < 1.29 is 14.3 Å². The van der Waals surface area contributed by atoms with Crippen molar-refractivity contribution in [3.8, 4) is 11.5 Å². The van der Waals surface area contributed by atoms with Crippen LogP contribution in [0.2, 0.25) is 0 Å². The summed E-state index contributed by atoms with van der Waals surface area (Å²) in [6, 6.07) is 5.37. The topological polar surface area (TPSA) is 50.8 Å². The Morgan fingerprint density at radius 1 is 1.05 bits per heavy atom. The Labute approximate surface area is 133 Å². The van der Waals surface area contributed by atoms with E-state index in [1.165, 1.54) is 0 Å². The van der Waals surface area contributed by atoms with Gasteiger partial charge in [0.2, 0.25) is 5.91 Å². The lowest BCUT2D eigenvalue weighted by atomic mass is 10.2. The third-order valence-electron chi connectivity index (χ3n) is 3.40. The lowest BCUT2D eigenvalue weighted by Gasteiger charge is -2.20. The lowest BCUT2D eigenvalue weighted by molar-refractivity contribution is -0.116. The average Bonchev–Trinajstić information content (AvgIpc) is 2.53. The van der Waals surface area contributed by atoms with E-state index in [1.54, 1.807) is 26.4 Å². The van der Waals surface area contributed by atoms with E-state index < -0.39 is 0 Å². The number of rotatable bonds is 10. The summed E-state index contributed by atoms with van der Waals surface area (Å²) in [6.07, 6.45) is 2.71. The highest BCUT2D eigenvalue weighted by Gasteiger charge is 2.09. The second-order valence-electron chi connectivity index (χ2n) is 5.21. The molecule has 1 rings (SSSR count). The third kappa shape index (κ3) is 5.93. The summed E-state index contributed by atoms with van der Waals surface area (Å²) in [5, 5.41) is 2.91. The van der Waals surface area contributed by atoms with Crippen LogP contribution in [0.5, 0.6) is 11.5 Å². The Hall–Kier alpha value is -1.75. The maximum Gasteiger partial charge on any atom is 0.225 e. The number of hydrogen-bond donors (Lipinski definition) is 1. The summed E-state index contributed by atoms with van der Waals surface area (Å²) >= 11 is 0. The predicted octanol–water partition coefficient (Wildman–Crippen LogP) is 3.15. The normalized spacial score (nSPS) is 10.6. The van der Waals surface area contributed by atoms with E-state index in [0.717, 1.165) is 38.2 Å². The van der Waals surface area contributed by atoms with Crippen LogP contribution in [0.4, 0.5) is 5.69 Å². The number of carbonyl (C=O) groups is 1. The van der Waals surface area contributed by atoms with Crippen molar-refractivity contribution in [2.45, 2.75) is 33.1 Å². The number of carbonyl (C=O) groups excluding carboxylic acids is 1. The van der Waals surface area contributed by atoms with Gasteiger partial charge in [-0.2, -0.15) is 0 Å². The van der Waals surface area contributed by atoms with Gasteiger partial charge in [-0.05, 0) is 38.1 Å². The summed E-state index contributed by atoms with van der Waals surface area (Å²) in [6.45, 7) is 7.19. The fourth-order valence-corrected chi connectivity index (χ4v) is 2.36. The number of ether oxygens (including phenoxy) is 2. The van der Waals surface area contributed by atoms with Crippen molar-refractivity contribution in [2.24, 2.45) is 0 Å². The Morgan fingerprint density at radius 2 is 1.68 bits per heavy atom. The van der Waals surface area contributed by atoms with Gasteiger partial charge in [-0.1, -0.05) is 13.8 Å². The van der Waals surface area contributed by atoms with Crippen molar-refractivity contribution in [2.75, 3.05) is 39.2 Å². The summed E-state index contributed by atoms with van der Waals surface area (Å²) in [4.78, 5) is 14.4. The summed E-state index contributed by atoms with van der Waals surface area (Å²) in [5.41, 5.74) is 0.722. The molecule has 0 heterocycles. The fraction of sp³-hybridized carbons (Fsp3) is 0.588.